The molecule has 0 amide bonds. The van der Waals surface area contributed by atoms with Crippen molar-refractivity contribution in [1.29, 1.82) is 0 Å². The van der Waals surface area contributed by atoms with Gasteiger partial charge in [-0.2, -0.15) is 0 Å². The third kappa shape index (κ3) is 3.48. The van der Waals surface area contributed by atoms with Gasteiger partial charge < -0.3 is 24.4 Å². The molecule has 0 aliphatic heterocycles. The third-order valence-electron chi connectivity index (χ3n) is 2.54. The van der Waals surface area contributed by atoms with Gasteiger partial charge >= 0.3 is 5.97 Å². The van der Waals surface area contributed by atoms with Crippen molar-refractivity contribution >= 4 is 28.6 Å². The molecule has 1 aromatic rings. The van der Waals surface area contributed by atoms with E-state index in [-0.39, 0.29) is 0 Å². The molecule has 1 rings (SSSR count). The quantitative estimate of drug-likeness (QED) is 0.581. The second-order valence-corrected chi connectivity index (χ2v) is 4.81. The first-order valence-corrected chi connectivity index (χ1v) is 6.39. The molecule has 0 radical (unpaired) electrons. The van der Waals surface area contributed by atoms with Crippen LogP contribution >= 0.6 is 22.6 Å². The molecule has 0 fully saturated rings. The minimum atomic E-state index is -1.65. The zero-order chi connectivity index (χ0) is 14.6. The number of rotatable bonds is 5. The van der Waals surface area contributed by atoms with E-state index < -0.39 is 18.2 Å². The minimum Gasteiger partial charge on any atom is -0.493 e. The van der Waals surface area contributed by atoms with Crippen LogP contribution in [-0.2, 0) is 9.53 Å². The van der Waals surface area contributed by atoms with Gasteiger partial charge in [-0.15, -0.1) is 0 Å². The molecule has 0 saturated carbocycles. The van der Waals surface area contributed by atoms with Crippen LogP contribution in [0.25, 0.3) is 0 Å². The summed E-state index contributed by atoms with van der Waals surface area (Å²) in [5, 5.41) is 19.6. The molecule has 0 bridgehead atoms. The van der Waals surface area contributed by atoms with Gasteiger partial charge in [0.1, 0.15) is 6.10 Å². The molecule has 2 N–H and O–H groups in total. The molecule has 0 aliphatic carbocycles. The first kappa shape index (κ1) is 16.0. The van der Waals surface area contributed by atoms with Crippen LogP contribution in [0.5, 0.6) is 11.5 Å². The highest BCUT2D eigenvalue weighted by Gasteiger charge is 2.28. The van der Waals surface area contributed by atoms with E-state index in [4.69, 9.17) is 9.47 Å². The molecule has 2 unspecified atom stereocenters. The lowest BCUT2D eigenvalue weighted by Crippen LogP contribution is -2.29. The Hall–Kier alpha value is -1.06. The average Bonchev–Trinajstić information content (AvgIpc) is 2.43. The van der Waals surface area contributed by atoms with Crippen molar-refractivity contribution in [3.8, 4) is 11.5 Å². The Bertz CT molecular complexity index is 462. The van der Waals surface area contributed by atoms with Crippen molar-refractivity contribution in [2.75, 3.05) is 21.3 Å². The van der Waals surface area contributed by atoms with Crippen LogP contribution in [0.2, 0.25) is 0 Å². The number of esters is 1. The van der Waals surface area contributed by atoms with Crippen LogP contribution in [0.1, 0.15) is 11.7 Å². The fourth-order valence-corrected chi connectivity index (χ4v) is 2.39. The second kappa shape index (κ2) is 6.92. The molecular weight excluding hydrogens is 367 g/mol. The molecule has 106 valence electrons. The molecule has 0 heterocycles. The second-order valence-electron chi connectivity index (χ2n) is 3.65. The van der Waals surface area contributed by atoms with Crippen LogP contribution in [0.4, 0.5) is 0 Å². The Balaban J connectivity index is 3.14. The minimum absolute atomic E-state index is 0.333. The van der Waals surface area contributed by atoms with Crippen molar-refractivity contribution in [3.63, 3.8) is 0 Å². The summed E-state index contributed by atoms with van der Waals surface area (Å²) in [6, 6.07) is 3.09. The largest absolute Gasteiger partial charge is 0.493 e. The number of aliphatic hydroxyl groups is 2. The number of benzene rings is 1. The monoisotopic (exact) mass is 382 g/mol. The number of halogens is 1. The summed E-state index contributed by atoms with van der Waals surface area (Å²) in [5.41, 5.74) is 0.333. The molecule has 0 saturated heterocycles. The molecule has 6 nitrogen and oxygen atoms in total. The first-order valence-electron chi connectivity index (χ1n) is 5.31. The lowest BCUT2D eigenvalue weighted by Gasteiger charge is -2.18. The van der Waals surface area contributed by atoms with Gasteiger partial charge in [-0.25, -0.2) is 4.79 Å². The molecule has 19 heavy (non-hydrogen) atoms. The maximum absolute atomic E-state index is 11.2. The third-order valence-corrected chi connectivity index (χ3v) is 3.34. The fraction of sp³-hybridized carbons (Fsp3) is 0.417. The molecule has 0 aromatic heterocycles. The topological polar surface area (TPSA) is 85.2 Å². The number of carbonyl (C=O) groups excluding carboxylic acids is 1. The van der Waals surface area contributed by atoms with Gasteiger partial charge in [-0.1, -0.05) is 0 Å². The molecule has 1 aromatic carbocycles. The number of ether oxygens (including phenoxy) is 3. The Morgan fingerprint density at radius 2 is 1.84 bits per heavy atom. The zero-order valence-corrected chi connectivity index (χ0v) is 12.9. The zero-order valence-electron chi connectivity index (χ0n) is 10.7. The van der Waals surface area contributed by atoms with E-state index in [0.29, 0.717) is 20.6 Å². The molecular formula is C12H15IO6. The van der Waals surface area contributed by atoms with E-state index in [9.17, 15) is 15.0 Å². The summed E-state index contributed by atoms with van der Waals surface area (Å²) in [5.74, 6) is 0.0180. The molecule has 7 heteroatoms. The Labute approximate surface area is 124 Å². The SMILES string of the molecule is COC(=O)C(O)C(O)c1cc(I)c(OC)c(OC)c1. The summed E-state index contributed by atoms with van der Waals surface area (Å²) < 4.78 is 15.4. The summed E-state index contributed by atoms with van der Waals surface area (Å²) in [6.45, 7) is 0. The summed E-state index contributed by atoms with van der Waals surface area (Å²) in [6.07, 6.45) is -3.06. The van der Waals surface area contributed by atoms with Gasteiger partial charge in [0.05, 0.1) is 24.9 Å². The molecule has 2 atom stereocenters. The molecule has 0 spiro atoms. The van der Waals surface area contributed by atoms with Gasteiger partial charge in [0, 0.05) is 0 Å². The Morgan fingerprint density at radius 3 is 2.32 bits per heavy atom. The van der Waals surface area contributed by atoms with Gasteiger partial charge in [0.2, 0.25) is 0 Å². The lowest BCUT2D eigenvalue weighted by molar-refractivity contribution is -0.156. The van der Waals surface area contributed by atoms with E-state index in [1.54, 1.807) is 6.07 Å². The van der Waals surface area contributed by atoms with Crippen molar-refractivity contribution < 1.29 is 29.2 Å². The maximum Gasteiger partial charge on any atom is 0.337 e. The van der Waals surface area contributed by atoms with Crippen molar-refractivity contribution in [1.82, 2.24) is 0 Å². The van der Waals surface area contributed by atoms with Gasteiger partial charge in [-0.3, -0.25) is 0 Å². The predicted octanol–water partition coefficient (Wildman–Crippen LogP) is 0.876. The molecule has 0 aliphatic rings. The van der Waals surface area contributed by atoms with Crippen LogP contribution in [0.15, 0.2) is 12.1 Å². The number of carbonyl (C=O) groups is 1. The van der Waals surface area contributed by atoms with Crippen molar-refractivity contribution in [3.05, 3.63) is 21.3 Å². The van der Waals surface area contributed by atoms with E-state index in [1.807, 2.05) is 22.6 Å². The van der Waals surface area contributed by atoms with E-state index in [1.165, 1.54) is 20.3 Å². The normalized spacial score (nSPS) is 13.6. The van der Waals surface area contributed by atoms with E-state index in [2.05, 4.69) is 4.74 Å². The van der Waals surface area contributed by atoms with Crippen LogP contribution < -0.4 is 9.47 Å². The lowest BCUT2D eigenvalue weighted by atomic mass is 10.0. The van der Waals surface area contributed by atoms with Gasteiger partial charge in [-0.05, 0) is 40.3 Å². The maximum atomic E-state index is 11.2. The Morgan fingerprint density at radius 1 is 1.21 bits per heavy atom. The summed E-state index contributed by atoms with van der Waals surface area (Å²) in [7, 11) is 4.09. The number of hydrogen-bond donors (Lipinski definition) is 2. The van der Waals surface area contributed by atoms with Crippen LogP contribution in [0, 0.1) is 3.57 Å². The summed E-state index contributed by atoms with van der Waals surface area (Å²) >= 11 is 2.00. The highest BCUT2D eigenvalue weighted by atomic mass is 127. The summed E-state index contributed by atoms with van der Waals surface area (Å²) in [4.78, 5) is 11.2. The number of methoxy groups -OCH3 is 3. The van der Waals surface area contributed by atoms with E-state index in [0.717, 1.165) is 7.11 Å². The first-order chi connectivity index (χ1) is 8.96. The smallest absolute Gasteiger partial charge is 0.337 e. The average molecular weight is 382 g/mol. The van der Waals surface area contributed by atoms with Crippen LogP contribution in [-0.4, -0.2) is 43.6 Å². The highest BCUT2D eigenvalue weighted by molar-refractivity contribution is 14.1. The van der Waals surface area contributed by atoms with Crippen LogP contribution in [0.3, 0.4) is 0 Å². The predicted molar refractivity (Wildman–Crippen MR) is 75.2 cm³/mol. The number of aliphatic hydroxyl groups excluding tert-OH is 2. The van der Waals surface area contributed by atoms with E-state index >= 15 is 0 Å². The highest BCUT2D eigenvalue weighted by Crippen LogP contribution is 2.35. The Kier molecular flexibility index (Phi) is 5.83. The fourth-order valence-electron chi connectivity index (χ4n) is 1.54. The van der Waals surface area contributed by atoms with Gasteiger partial charge in [0.15, 0.2) is 17.6 Å². The van der Waals surface area contributed by atoms with Gasteiger partial charge in [0.25, 0.3) is 0 Å². The van der Waals surface area contributed by atoms with Crippen molar-refractivity contribution in [2.45, 2.75) is 12.2 Å². The standard InChI is InChI=1S/C12H15IO6/c1-17-8-5-6(4-7(13)11(8)18-2)9(14)10(15)12(16)19-3/h4-5,9-10,14-15H,1-3H3. The number of hydrogen-bond acceptors (Lipinski definition) is 6. The van der Waals surface area contributed by atoms with Crippen molar-refractivity contribution in [2.24, 2.45) is 0 Å².